The summed E-state index contributed by atoms with van der Waals surface area (Å²) in [4.78, 5) is 34.7. The van der Waals surface area contributed by atoms with Gasteiger partial charge in [-0.3, -0.25) is 19.1 Å². The number of carbonyl (C=O) groups excluding carboxylic acids is 1. The largest absolute Gasteiger partial charge is 0.436 e. The first-order chi connectivity index (χ1) is 18.0. The Bertz CT molecular complexity index is 1550. The van der Waals surface area contributed by atoms with Crippen molar-refractivity contribution >= 4 is 29.0 Å². The number of nitrogens with zero attached hydrogens (tertiary/aromatic N) is 4. The number of ether oxygens (including phenoxy) is 1. The first-order valence-electron chi connectivity index (χ1n) is 11.3. The first-order valence-corrected chi connectivity index (χ1v) is 11.6. The van der Waals surface area contributed by atoms with E-state index in [9.17, 15) is 9.59 Å². The molecule has 5 aromatic rings. The zero-order valence-corrected chi connectivity index (χ0v) is 20.1. The first kappa shape index (κ1) is 24.0. The molecule has 0 aliphatic rings. The molecule has 0 unspecified atom stereocenters. The van der Waals surface area contributed by atoms with Crippen LogP contribution in [0.15, 0.2) is 101 Å². The number of aromatic nitrogens is 4. The van der Waals surface area contributed by atoms with Gasteiger partial charge in [-0.05, 0) is 59.3 Å². The van der Waals surface area contributed by atoms with Crippen LogP contribution >= 0.6 is 11.6 Å². The molecular weight excluding hydrogens is 494 g/mol. The Kier molecular flexibility index (Phi) is 7.05. The lowest BCUT2D eigenvalue weighted by Gasteiger charge is -2.15. The summed E-state index contributed by atoms with van der Waals surface area (Å²) in [6.07, 6.45) is 5.83. The highest BCUT2D eigenvalue weighted by Crippen LogP contribution is 2.23. The molecule has 3 aromatic heterocycles. The number of hydrogen-bond donors (Lipinski definition) is 1. The number of benzene rings is 2. The number of Topliss-reactive ketones (excluding diaryl/α,β-unsaturated/α-hetero) is 1. The third-order valence-electron chi connectivity index (χ3n) is 5.45. The molecule has 9 nitrogen and oxygen atoms in total. The fourth-order valence-corrected chi connectivity index (χ4v) is 3.71. The number of nitrogens with one attached hydrogen (secondary N) is 1. The van der Waals surface area contributed by atoms with E-state index in [4.69, 9.17) is 20.9 Å². The molecule has 0 spiro atoms. The summed E-state index contributed by atoms with van der Waals surface area (Å²) in [6, 6.07) is 19.2. The lowest BCUT2D eigenvalue weighted by Crippen LogP contribution is -2.28. The normalized spacial score (nSPS) is 10.7. The predicted molar refractivity (Wildman–Crippen MR) is 138 cm³/mol. The standard InChI is InChI=1S/C27H20ClN5O4/c28-21-5-3-18(4-6-21)17-33-26(35)20(14-24(34)19-2-1-12-29-15-19)16-30-27(33)31-22-7-9-23(10-8-22)37-25-11-13-36-32-25/h1-13,15-16H,14,17H2,(H,30,31). The summed E-state index contributed by atoms with van der Waals surface area (Å²) in [5.41, 5.74) is 1.92. The molecule has 0 bridgehead atoms. The molecular formula is C27H20ClN5O4. The smallest absolute Gasteiger partial charge is 0.259 e. The van der Waals surface area contributed by atoms with Crippen LogP contribution in [-0.4, -0.2) is 25.5 Å². The molecule has 0 amide bonds. The van der Waals surface area contributed by atoms with Gasteiger partial charge in [-0.15, -0.1) is 0 Å². The number of carbonyl (C=O) groups is 1. The van der Waals surface area contributed by atoms with Gasteiger partial charge >= 0.3 is 0 Å². The second-order valence-electron chi connectivity index (χ2n) is 8.06. The van der Waals surface area contributed by atoms with Gasteiger partial charge in [0.1, 0.15) is 12.0 Å². The minimum absolute atomic E-state index is 0.0908. The molecule has 0 saturated heterocycles. The summed E-state index contributed by atoms with van der Waals surface area (Å²) in [7, 11) is 0. The van der Waals surface area contributed by atoms with Crippen LogP contribution in [0.2, 0.25) is 5.02 Å². The average Bonchev–Trinajstić information content (AvgIpc) is 3.43. The third-order valence-corrected chi connectivity index (χ3v) is 5.71. The number of halogens is 1. The maximum atomic E-state index is 13.5. The molecule has 0 fully saturated rings. The predicted octanol–water partition coefficient (Wildman–Crippen LogP) is 5.29. The number of ketones is 1. The monoisotopic (exact) mass is 513 g/mol. The second-order valence-corrected chi connectivity index (χ2v) is 8.49. The van der Waals surface area contributed by atoms with Crippen molar-refractivity contribution in [3.8, 4) is 11.6 Å². The van der Waals surface area contributed by atoms with E-state index >= 15 is 0 Å². The molecule has 0 aliphatic carbocycles. The van der Waals surface area contributed by atoms with Crippen LogP contribution in [0, 0.1) is 0 Å². The zero-order chi connectivity index (χ0) is 25.6. The van der Waals surface area contributed by atoms with E-state index in [-0.39, 0.29) is 29.9 Å². The highest BCUT2D eigenvalue weighted by Gasteiger charge is 2.16. The van der Waals surface area contributed by atoms with Crippen LogP contribution in [0.3, 0.4) is 0 Å². The van der Waals surface area contributed by atoms with Gasteiger partial charge in [-0.25, -0.2) is 4.98 Å². The molecule has 0 aliphatic heterocycles. The van der Waals surface area contributed by atoms with Gasteiger partial charge in [0, 0.05) is 52.9 Å². The number of rotatable bonds is 9. The lowest BCUT2D eigenvalue weighted by atomic mass is 10.1. The SMILES string of the molecule is O=C(Cc1cnc(Nc2ccc(Oc3ccon3)cc2)n(Cc2ccc(Cl)cc2)c1=O)c1cccnc1. The van der Waals surface area contributed by atoms with E-state index in [1.165, 1.54) is 23.2 Å². The molecule has 0 atom stereocenters. The molecule has 5 rings (SSSR count). The van der Waals surface area contributed by atoms with Gasteiger partial charge in [0.05, 0.1) is 6.54 Å². The highest BCUT2D eigenvalue weighted by atomic mass is 35.5. The average molecular weight is 514 g/mol. The molecule has 2 aromatic carbocycles. The van der Waals surface area contributed by atoms with Crippen molar-refractivity contribution in [3.63, 3.8) is 0 Å². The van der Waals surface area contributed by atoms with Crippen LogP contribution in [0.5, 0.6) is 11.6 Å². The quantitative estimate of drug-likeness (QED) is 0.265. The van der Waals surface area contributed by atoms with Crippen molar-refractivity contribution in [3.05, 3.63) is 124 Å². The zero-order valence-electron chi connectivity index (χ0n) is 19.4. The van der Waals surface area contributed by atoms with Gasteiger partial charge in [-0.1, -0.05) is 23.7 Å². The van der Waals surface area contributed by atoms with Crippen molar-refractivity contribution in [2.24, 2.45) is 0 Å². The van der Waals surface area contributed by atoms with Crippen molar-refractivity contribution in [2.75, 3.05) is 5.32 Å². The minimum Gasteiger partial charge on any atom is -0.436 e. The van der Waals surface area contributed by atoms with Gasteiger partial charge in [0.15, 0.2) is 5.78 Å². The molecule has 3 heterocycles. The Hall–Kier alpha value is -4.76. The maximum absolute atomic E-state index is 13.5. The number of pyridine rings is 1. The third kappa shape index (κ3) is 5.91. The van der Waals surface area contributed by atoms with E-state index < -0.39 is 0 Å². The van der Waals surface area contributed by atoms with Gasteiger partial charge in [0.2, 0.25) is 5.95 Å². The summed E-state index contributed by atoms with van der Waals surface area (Å²) >= 11 is 6.03. The van der Waals surface area contributed by atoms with Gasteiger partial charge in [-0.2, -0.15) is 0 Å². The number of hydrogen-bond acceptors (Lipinski definition) is 8. The lowest BCUT2D eigenvalue weighted by molar-refractivity contribution is 0.0992. The van der Waals surface area contributed by atoms with Gasteiger partial charge < -0.3 is 14.6 Å². The van der Waals surface area contributed by atoms with E-state index in [0.717, 1.165) is 5.56 Å². The van der Waals surface area contributed by atoms with E-state index in [1.54, 1.807) is 60.8 Å². The van der Waals surface area contributed by atoms with E-state index in [1.807, 2.05) is 12.1 Å². The Balaban J connectivity index is 1.43. The van der Waals surface area contributed by atoms with Crippen molar-refractivity contribution in [1.82, 2.24) is 19.7 Å². The maximum Gasteiger partial charge on any atom is 0.259 e. The van der Waals surface area contributed by atoms with Crippen LogP contribution in [0.25, 0.3) is 0 Å². The van der Waals surface area contributed by atoms with E-state index in [2.05, 4.69) is 20.4 Å². The van der Waals surface area contributed by atoms with E-state index in [0.29, 0.717) is 33.9 Å². The van der Waals surface area contributed by atoms with Crippen LogP contribution in [0.1, 0.15) is 21.5 Å². The Morgan fingerprint density at radius 2 is 1.84 bits per heavy atom. The minimum atomic E-state index is -0.323. The summed E-state index contributed by atoms with van der Waals surface area (Å²) < 4.78 is 11.9. The summed E-state index contributed by atoms with van der Waals surface area (Å²) in [5.74, 6) is 1.02. The molecule has 0 radical (unpaired) electrons. The molecule has 1 N–H and O–H groups in total. The van der Waals surface area contributed by atoms with Gasteiger partial charge in [0.25, 0.3) is 11.4 Å². The second kappa shape index (κ2) is 10.9. The Labute approximate surface area is 216 Å². The van der Waals surface area contributed by atoms with Crippen LogP contribution in [0.4, 0.5) is 11.6 Å². The molecule has 0 saturated carbocycles. The van der Waals surface area contributed by atoms with Crippen LogP contribution in [-0.2, 0) is 13.0 Å². The Morgan fingerprint density at radius 1 is 1.03 bits per heavy atom. The Morgan fingerprint density at radius 3 is 2.54 bits per heavy atom. The van der Waals surface area contributed by atoms with Crippen molar-refractivity contribution < 1.29 is 14.1 Å². The number of anilines is 2. The highest BCUT2D eigenvalue weighted by molar-refractivity contribution is 6.30. The molecule has 10 heteroatoms. The molecule has 37 heavy (non-hydrogen) atoms. The van der Waals surface area contributed by atoms with Crippen molar-refractivity contribution in [1.29, 1.82) is 0 Å². The van der Waals surface area contributed by atoms with Crippen molar-refractivity contribution in [2.45, 2.75) is 13.0 Å². The fraction of sp³-hybridized carbons (Fsp3) is 0.0741. The fourth-order valence-electron chi connectivity index (χ4n) is 3.59. The van der Waals surface area contributed by atoms with Crippen LogP contribution < -0.4 is 15.6 Å². The summed E-state index contributed by atoms with van der Waals surface area (Å²) in [6.45, 7) is 0.230. The summed E-state index contributed by atoms with van der Waals surface area (Å²) in [5, 5.41) is 7.50. The molecule has 184 valence electrons. The topological polar surface area (TPSA) is 112 Å².